The molecule has 6 nitrogen and oxygen atoms in total. The van der Waals surface area contributed by atoms with E-state index < -0.39 is 6.10 Å². The van der Waals surface area contributed by atoms with Crippen LogP contribution in [0.5, 0.6) is 0 Å². The molecule has 152 valence electrons. The zero-order valence-electron chi connectivity index (χ0n) is 16.7. The predicted octanol–water partition coefficient (Wildman–Crippen LogP) is 3.27. The van der Waals surface area contributed by atoms with Crippen LogP contribution in [0.25, 0.3) is 10.9 Å². The van der Waals surface area contributed by atoms with Crippen molar-refractivity contribution in [3.63, 3.8) is 0 Å². The van der Waals surface area contributed by atoms with Crippen molar-refractivity contribution in [1.29, 1.82) is 0 Å². The van der Waals surface area contributed by atoms with Gasteiger partial charge in [-0.05, 0) is 35.7 Å². The van der Waals surface area contributed by atoms with E-state index >= 15 is 0 Å². The van der Waals surface area contributed by atoms with Crippen LogP contribution in [0.1, 0.15) is 22.8 Å². The van der Waals surface area contributed by atoms with Gasteiger partial charge < -0.3 is 9.84 Å². The van der Waals surface area contributed by atoms with Gasteiger partial charge in [-0.3, -0.25) is 4.79 Å². The minimum absolute atomic E-state index is 0.00590. The first-order valence-corrected chi connectivity index (χ1v) is 9.86. The average molecular weight is 401 g/mol. The molecule has 2 atom stereocenters. The lowest BCUT2D eigenvalue weighted by molar-refractivity contribution is -0.00288. The van der Waals surface area contributed by atoms with Gasteiger partial charge in [-0.25, -0.2) is 4.68 Å². The van der Waals surface area contributed by atoms with E-state index in [-0.39, 0.29) is 24.8 Å². The van der Waals surface area contributed by atoms with Gasteiger partial charge in [0.25, 0.3) is 5.56 Å². The molecule has 0 amide bonds. The fourth-order valence-corrected chi connectivity index (χ4v) is 3.48. The quantitative estimate of drug-likeness (QED) is 0.514. The third kappa shape index (κ3) is 4.30. The number of aliphatic hydroxyl groups excluding tert-OH is 1. The molecule has 0 bridgehead atoms. The van der Waals surface area contributed by atoms with Crippen molar-refractivity contribution in [2.45, 2.75) is 25.7 Å². The van der Waals surface area contributed by atoms with E-state index in [1.807, 2.05) is 61.5 Å². The lowest BCUT2D eigenvalue weighted by atomic mass is 9.97. The third-order valence-electron chi connectivity index (χ3n) is 5.04. The summed E-state index contributed by atoms with van der Waals surface area (Å²) in [4.78, 5) is 12.6. The molecule has 0 unspecified atom stereocenters. The van der Waals surface area contributed by atoms with E-state index in [0.717, 1.165) is 16.7 Å². The average Bonchev–Trinajstić information content (AvgIpc) is 2.78. The lowest BCUT2D eigenvalue weighted by Gasteiger charge is -2.22. The summed E-state index contributed by atoms with van der Waals surface area (Å²) in [6.45, 7) is 2.09. The topological polar surface area (TPSA) is 77.2 Å². The van der Waals surface area contributed by atoms with Gasteiger partial charge in [0.15, 0.2) is 0 Å². The van der Waals surface area contributed by atoms with Gasteiger partial charge >= 0.3 is 0 Å². The van der Waals surface area contributed by atoms with Crippen molar-refractivity contribution in [2.75, 3.05) is 6.61 Å². The Kier molecular flexibility index (Phi) is 5.97. The molecule has 6 heteroatoms. The number of nitrogens with zero attached hydrogens (tertiary/aromatic N) is 3. The fourth-order valence-electron chi connectivity index (χ4n) is 3.48. The number of rotatable bonds is 7. The van der Waals surface area contributed by atoms with Crippen molar-refractivity contribution in [2.24, 2.45) is 0 Å². The Labute approximate surface area is 174 Å². The number of aromatic nitrogens is 3. The van der Waals surface area contributed by atoms with Crippen molar-refractivity contribution >= 4 is 10.9 Å². The Morgan fingerprint density at radius 3 is 2.47 bits per heavy atom. The Morgan fingerprint density at radius 1 is 0.967 bits per heavy atom. The van der Waals surface area contributed by atoms with Crippen LogP contribution in [-0.4, -0.2) is 32.8 Å². The first-order chi connectivity index (χ1) is 14.6. The number of hydrogen-bond donors (Lipinski definition) is 1. The van der Waals surface area contributed by atoms with Gasteiger partial charge in [-0.15, -0.1) is 5.10 Å². The summed E-state index contributed by atoms with van der Waals surface area (Å²) in [6, 6.07) is 24.9. The highest BCUT2D eigenvalue weighted by molar-refractivity contribution is 5.76. The number of fused-ring (bicyclic) bond motifs is 1. The van der Waals surface area contributed by atoms with Crippen molar-refractivity contribution in [3.8, 4) is 0 Å². The lowest BCUT2D eigenvalue weighted by Crippen LogP contribution is -2.32. The third-order valence-corrected chi connectivity index (χ3v) is 5.04. The highest BCUT2D eigenvalue weighted by atomic mass is 16.5. The van der Waals surface area contributed by atoms with Crippen LogP contribution < -0.4 is 5.56 Å². The van der Waals surface area contributed by atoms with E-state index in [1.165, 1.54) is 4.68 Å². The molecule has 3 aromatic carbocycles. The first-order valence-electron chi connectivity index (χ1n) is 9.86. The molecule has 1 heterocycles. The van der Waals surface area contributed by atoms with Gasteiger partial charge in [-0.2, -0.15) is 0 Å². The minimum atomic E-state index is -0.909. The SMILES string of the molecule is Cc1ccccc1[C@H](OC[C@@H](O)Cn1nnc2ccccc2c1=O)c1ccccc1. The van der Waals surface area contributed by atoms with Crippen LogP contribution in [0, 0.1) is 6.92 Å². The number of hydrogen-bond acceptors (Lipinski definition) is 5. The maximum Gasteiger partial charge on any atom is 0.277 e. The second-order valence-corrected chi connectivity index (χ2v) is 7.23. The highest BCUT2D eigenvalue weighted by Crippen LogP contribution is 2.28. The molecule has 0 aliphatic heterocycles. The molecule has 0 spiro atoms. The number of aryl methyl sites for hydroxylation is 1. The molecule has 0 aliphatic carbocycles. The number of ether oxygens (including phenoxy) is 1. The van der Waals surface area contributed by atoms with Crippen molar-refractivity contribution < 1.29 is 9.84 Å². The van der Waals surface area contributed by atoms with Crippen LogP contribution >= 0.6 is 0 Å². The summed E-state index contributed by atoms with van der Waals surface area (Å²) in [7, 11) is 0. The van der Waals surface area contributed by atoms with Gasteiger partial charge in [0.1, 0.15) is 11.6 Å². The van der Waals surface area contributed by atoms with Gasteiger partial charge in [0.05, 0.1) is 24.6 Å². The van der Waals surface area contributed by atoms with Crippen LogP contribution in [0.15, 0.2) is 83.7 Å². The van der Waals surface area contributed by atoms with Crippen molar-refractivity contribution in [3.05, 3.63) is 106 Å². The van der Waals surface area contributed by atoms with E-state index in [0.29, 0.717) is 10.9 Å². The summed E-state index contributed by atoms with van der Waals surface area (Å²) in [5, 5.41) is 19.0. The van der Waals surface area contributed by atoms with Crippen LogP contribution in [0.3, 0.4) is 0 Å². The molecule has 1 aromatic heterocycles. The molecule has 1 N–H and O–H groups in total. The number of aliphatic hydroxyl groups is 1. The zero-order valence-corrected chi connectivity index (χ0v) is 16.7. The first kappa shape index (κ1) is 19.9. The summed E-state index contributed by atoms with van der Waals surface area (Å²) in [5.74, 6) is 0. The Hall–Kier alpha value is -3.35. The van der Waals surface area contributed by atoms with Crippen LogP contribution in [0.2, 0.25) is 0 Å². The molecular formula is C24H23N3O3. The van der Waals surface area contributed by atoms with E-state index in [4.69, 9.17) is 4.74 Å². The van der Waals surface area contributed by atoms with E-state index in [2.05, 4.69) is 10.3 Å². The maximum atomic E-state index is 12.6. The maximum absolute atomic E-state index is 12.6. The summed E-state index contributed by atoms with van der Waals surface area (Å²) in [6.07, 6.45) is -1.23. The molecular weight excluding hydrogens is 378 g/mol. The van der Waals surface area contributed by atoms with E-state index in [1.54, 1.807) is 24.3 Å². The molecule has 0 aliphatic rings. The normalized spacial score (nSPS) is 13.3. The summed E-state index contributed by atoms with van der Waals surface area (Å²) < 4.78 is 7.33. The molecule has 0 fully saturated rings. The summed E-state index contributed by atoms with van der Waals surface area (Å²) in [5.41, 5.74) is 3.41. The Bertz CT molecular complexity index is 1190. The summed E-state index contributed by atoms with van der Waals surface area (Å²) >= 11 is 0. The minimum Gasteiger partial charge on any atom is -0.389 e. The van der Waals surface area contributed by atoms with Crippen molar-refractivity contribution in [1.82, 2.24) is 15.0 Å². The van der Waals surface area contributed by atoms with Crippen LogP contribution in [-0.2, 0) is 11.3 Å². The van der Waals surface area contributed by atoms with Gasteiger partial charge in [0.2, 0.25) is 0 Å². The highest BCUT2D eigenvalue weighted by Gasteiger charge is 2.19. The molecule has 30 heavy (non-hydrogen) atoms. The Balaban J connectivity index is 1.52. The smallest absolute Gasteiger partial charge is 0.277 e. The largest absolute Gasteiger partial charge is 0.389 e. The van der Waals surface area contributed by atoms with Gasteiger partial charge in [-0.1, -0.05) is 71.9 Å². The molecule has 0 saturated heterocycles. The molecule has 0 radical (unpaired) electrons. The zero-order chi connectivity index (χ0) is 20.9. The number of benzene rings is 3. The molecule has 4 rings (SSSR count). The second-order valence-electron chi connectivity index (χ2n) is 7.23. The van der Waals surface area contributed by atoms with Gasteiger partial charge in [0, 0.05) is 0 Å². The monoisotopic (exact) mass is 401 g/mol. The molecule has 0 saturated carbocycles. The van der Waals surface area contributed by atoms with E-state index in [9.17, 15) is 9.90 Å². The standard InChI is InChI=1S/C24H23N3O3/c1-17-9-5-6-12-20(17)23(18-10-3-2-4-11-18)30-16-19(28)15-27-24(29)21-13-7-8-14-22(21)25-26-27/h2-14,19,23,28H,15-16H2,1H3/t19-,23+/m0/s1. The van der Waals surface area contributed by atoms with Crippen LogP contribution in [0.4, 0.5) is 0 Å². The molecule has 4 aromatic rings. The Morgan fingerprint density at radius 2 is 1.67 bits per heavy atom. The fraction of sp³-hybridized carbons (Fsp3) is 0.208. The predicted molar refractivity (Wildman–Crippen MR) is 115 cm³/mol. The second kappa shape index (κ2) is 8.98.